The van der Waals surface area contributed by atoms with Crippen molar-refractivity contribution in [2.45, 2.75) is 19.8 Å². The highest BCUT2D eigenvalue weighted by atomic mass is 35.5. The monoisotopic (exact) mass is 379 g/mol. The predicted molar refractivity (Wildman–Crippen MR) is 93.1 cm³/mol. The van der Waals surface area contributed by atoms with Gasteiger partial charge >= 0.3 is 5.97 Å². The number of anilines is 1. The number of ether oxygens (including phenoxy) is 1. The molecule has 0 spiro atoms. The smallest absolute Gasteiger partial charge is 0.339 e. The molecule has 0 aliphatic rings. The lowest BCUT2D eigenvalue weighted by Gasteiger charge is -2.07. The molecule has 1 amide bonds. The van der Waals surface area contributed by atoms with Crippen molar-refractivity contribution in [3.63, 3.8) is 0 Å². The number of carbonyl (C=O) groups excluding carboxylic acids is 2. The maximum Gasteiger partial charge on any atom is 0.339 e. The largest absolute Gasteiger partial charge is 0.465 e. The van der Waals surface area contributed by atoms with Crippen LogP contribution in [0.5, 0.6) is 0 Å². The molecule has 0 saturated carbocycles. The fraction of sp³-hybridized carbons (Fsp3) is 0.267. The number of aryl methyl sites for hydroxylation is 2. The molecule has 1 aromatic carbocycles. The molecule has 10 heteroatoms. The molecule has 1 N–H and O–H groups in total. The van der Waals surface area contributed by atoms with Gasteiger partial charge in [0.15, 0.2) is 5.82 Å². The Morgan fingerprint density at radius 1 is 1.36 bits per heavy atom. The number of benzene rings is 1. The molecule has 3 rings (SSSR count). The van der Waals surface area contributed by atoms with Gasteiger partial charge in [-0.15, -0.1) is 10.2 Å². The molecular formula is C15H14ClN5O3S. The summed E-state index contributed by atoms with van der Waals surface area (Å²) in [6.45, 7) is 1.82. The first-order valence-electron chi connectivity index (χ1n) is 7.33. The fourth-order valence-corrected chi connectivity index (χ4v) is 3.24. The first kappa shape index (κ1) is 17.3. The van der Waals surface area contributed by atoms with Gasteiger partial charge in [-0.1, -0.05) is 22.9 Å². The van der Waals surface area contributed by atoms with Crippen LogP contribution < -0.4 is 5.32 Å². The molecule has 3 aromatic rings. The van der Waals surface area contributed by atoms with E-state index >= 15 is 0 Å². The van der Waals surface area contributed by atoms with Gasteiger partial charge in [-0.05, 0) is 25.1 Å². The highest BCUT2D eigenvalue weighted by Crippen LogP contribution is 2.22. The number of carbonyl (C=O) groups is 2. The molecule has 0 aliphatic carbocycles. The minimum atomic E-state index is -0.559. The van der Waals surface area contributed by atoms with Crippen molar-refractivity contribution < 1.29 is 14.3 Å². The summed E-state index contributed by atoms with van der Waals surface area (Å²) in [5.74, 6) is -0.0458. The van der Waals surface area contributed by atoms with Crippen LogP contribution in [0.15, 0.2) is 18.2 Å². The Kier molecular flexibility index (Phi) is 4.95. The molecule has 25 heavy (non-hydrogen) atoms. The van der Waals surface area contributed by atoms with Gasteiger partial charge in [0, 0.05) is 18.5 Å². The minimum absolute atomic E-state index is 0.194. The van der Waals surface area contributed by atoms with E-state index in [0.717, 1.165) is 5.01 Å². The molecule has 8 nitrogen and oxygen atoms in total. The molecule has 2 aromatic heterocycles. The van der Waals surface area contributed by atoms with Crippen LogP contribution in [-0.2, 0) is 16.0 Å². The van der Waals surface area contributed by atoms with Gasteiger partial charge in [0.25, 0.3) is 0 Å². The second kappa shape index (κ2) is 7.16. The lowest BCUT2D eigenvalue weighted by molar-refractivity contribution is -0.116. The van der Waals surface area contributed by atoms with Crippen LogP contribution in [0.4, 0.5) is 5.69 Å². The average molecular weight is 380 g/mol. The van der Waals surface area contributed by atoms with Crippen LogP contribution in [0.3, 0.4) is 0 Å². The van der Waals surface area contributed by atoms with E-state index in [9.17, 15) is 9.59 Å². The van der Waals surface area contributed by atoms with Crippen molar-refractivity contribution in [3.8, 4) is 0 Å². The molecule has 0 fully saturated rings. The maximum atomic E-state index is 12.1. The van der Waals surface area contributed by atoms with Crippen molar-refractivity contribution in [1.82, 2.24) is 19.8 Å². The SMILES string of the molecule is COC(=O)c1cc(NC(=O)CCc2nn3c(C)nnc3s2)ccc1Cl. The molecule has 130 valence electrons. The first-order valence-corrected chi connectivity index (χ1v) is 8.53. The number of esters is 1. The molecule has 0 saturated heterocycles. The van der Waals surface area contributed by atoms with Gasteiger partial charge < -0.3 is 10.1 Å². The Bertz CT molecular complexity index is 952. The number of hydrogen-bond acceptors (Lipinski definition) is 7. The van der Waals surface area contributed by atoms with Gasteiger partial charge in [0.05, 0.1) is 17.7 Å². The third kappa shape index (κ3) is 3.77. The first-order chi connectivity index (χ1) is 12.0. The second-order valence-electron chi connectivity index (χ2n) is 5.17. The van der Waals surface area contributed by atoms with E-state index in [4.69, 9.17) is 11.6 Å². The Morgan fingerprint density at radius 2 is 2.16 bits per heavy atom. The van der Waals surface area contributed by atoms with Gasteiger partial charge in [-0.25, -0.2) is 4.79 Å². The quantitative estimate of drug-likeness (QED) is 0.684. The van der Waals surface area contributed by atoms with Crippen LogP contribution in [0, 0.1) is 6.92 Å². The molecule has 0 unspecified atom stereocenters. The van der Waals surface area contributed by atoms with E-state index in [-0.39, 0.29) is 22.9 Å². The van der Waals surface area contributed by atoms with Crippen LogP contribution >= 0.6 is 22.9 Å². The van der Waals surface area contributed by atoms with Gasteiger partial charge in [0.1, 0.15) is 5.01 Å². The Morgan fingerprint density at radius 3 is 2.88 bits per heavy atom. The Hall–Kier alpha value is -2.52. The van der Waals surface area contributed by atoms with Crippen LogP contribution in [-0.4, -0.2) is 38.8 Å². The van der Waals surface area contributed by atoms with Gasteiger partial charge in [-0.2, -0.15) is 9.61 Å². The number of rotatable bonds is 5. The summed E-state index contributed by atoms with van der Waals surface area (Å²) < 4.78 is 6.31. The number of amides is 1. The maximum absolute atomic E-state index is 12.1. The van der Waals surface area contributed by atoms with Crippen molar-refractivity contribution in [2.24, 2.45) is 0 Å². The predicted octanol–water partition coefficient (Wildman–Crippen LogP) is 2.51. The summed E-state index contributed by atoms with van der Waals surface area (Å²) in [6.07, 6.45) is 0.732. The standard InChI is InChI=1S/C15H14ClN5O3S/c1-8-18-19-15-21(8)20-13(25-15)6-5-12(22)17-9-3-4-11(16)10(7-9)14(23)24-2/h3-4,7H,5-6H2,1-2H3,(H,17,22). The van der Waals surface area contributed by atoms with E-state index in [1.54, 1.807) is 10.6 Å². The summed E-state index contributed by atoms with van der Waals surface area (Å²) in [4.78, 5) is 24.5. The molecule has 0 atom stereocenters. The average Bonchev–Trinajstić information content (AvgIpc) is 3.16. The molecule has 0 aliphatic heterocycles. The zero-order valence-corrected chi connectivity index (χ0v) is 15.0. The number of methoxy groups -OCH3 is 1. The van der Waals surface area contributed by atoms with E-state index in [1.807, 2.05) is 6.92 Å². The zero-order valence-electron chi connectivity index (χ0n) is 13.4. The number of nitrogens with zero attached hydrogens (tertiary/aromatic N) is 4. The molecule has 2 heterocycles. The van der Waals surface area contributed by atoms with E-state index in [2.05, 4.69) is 25.3 Å². The molecule has 0 radical (unpaired) electrons. The zero-order chi connectivity index (χ0) is 18.0. The van der Waals surface area contributed by atoms with Gasteiger partial charge in [-0.3, -0.25) is 4.79 Å². The van der Waals surface area contributed by atoms with Gasteiger partial charge in [0.2, 0.25) is 10.9 Å². The lowest BCUT2D eigenvalue weighted by atomic mass is 10.2. The van der Waals surface area contributed by atoms with E-state index in [1.165, 1.54) is 30.6 Å². The highest BCUT2D eigenvalue weighted by molar-refractivity contribution is 7.16. The summed E-state index contributed by atoms with van der Waals surface area (Å²) in [7, 11) is 1.27. The fourth-order valence-electron chi connectivity index (χ4n) is 2.17. The summed E-state index contributed by atoms with van der Waals surface area (Å²) >= 11 is 7.35. The minimum Gasteiger partial charge on any atom is -0.465 e. The van der Waals surface area contributed by atoms with Crippen LogP contribution in [0.25, 0.3) is 4.96 Å². The van der Waals surface area contributed by atoms with Crippen molar-refractivity contribution in [3.05, 3.63) is 39.6 Å². The summed E-state index contributed by atoms with van der Waals surface area (Å²) in [5, 5.41) is 16.1. The number of halogens is 1. The van der Waals surface area contributed by atoms with Crippen LogP contribution in [0.1, 0.15) is 27.6 Å². The second-order valence-corrected chi connectivity index (χ2v) is 6.62. The number of nitrogens with one attached hydrogen (secondary N) is 1. The summed E-state index contributed by atoms with van der Waals surface area (Å²) in [6, 6.07) is 4.65. The van der Waals surface area contributed by atoms with Crippen LogP contribution in [0.2, 0.25) is 5.02 Å². The van der Waals surface area contributed by atoms with E-state index in [0.29, 0.717) is 22.9 Å². The number of aromatic nitrogens is 4. The lowest BCUT2D eigenvalue weighted by Crippen LogP contribution is -2.13. The van der Waals surface area contributed by atoms with Crippen molar-refractivity contribution in [2.75, 3.05) is 12.4 Å². The Balaban J connectivity index is 1.63. The summed E-state index contributed by atoms with van der Waals surface area (Å²) in [5.41, 5.74) is 0.676. The van der Waals surface area contributed by atoms with Crippen molar-refractivity contribution >= 4 is 45.5 Å². The highest BCUT2D eigenvalue weighted by Gasteiger charge is 2.14. The number of fused-ring (bicyclic) bond motifs is 1. The third-order valence-corrected chi connectivity index (χ3v) is 4.70. The molecular weight excluding hydrogens is 366 g/mol. The van der Waals surface area contributed by atoms with Crippen molar-refractivity contribution in [1.29, 1.82) is 0 Å². The topological polar surface area (TPSA) is 98.5 Å². The molecule has 0 bridgehead atoms. The Labute approximate surface area is 151 Å². The van der Waals surface area contributed by atoms with E-state index < -0.39 is 5.97 Å². The normalized spacial score (nSPS) is 10.8. The number of hydrogen-bond donors (Lipinski definition) is 1. The third-order valence-electron chi connectivity index (χ3n) is 3.41.